The van der Waals surface area contributed by atoms with Crippen LogP contribution >= 0.6 is 0 Å². The van der Waals surface area contributed by atoms with Crippen LogP contribution in [0.15, 0.2) is 48.7 Å². The number of nitrogens with one attached hydrogen (secondary N) is 2. The molecule has 7 nitrogen and oxygen atoms in total. The Morgan fingerprint density at radius 1 is 1.14 bits per heavy atom. The van der Waals surface area contributed by atoms with Crippen LogP contribution in [-0.4, -0.2) is 33.1 Å². The molecule has 0 aliphatic carbocycles. The Morgan fingerprint density at radius 3 is 2.71 bits per heavy atom. The lowest BCUT2D eigenvalue weighted by atomic mass is 10.1. The largest absolute Gasteiger partial charge is 0.361 e. The summed E-state index contributed by atoms with van der Waals surface area (Å²) >= 11 is 0. The maximum atomic E-state index is 12.6. The zero-order chi connectivity index (χ0) is 19.5. The lowest BCUT2D eigenvalue weighted by Gasteiger charge is -2.27. The highest BCUT2D eigenvalue weighted by atomic mass is 16.2. The van der Waals surface area contributed by atoms with E-state index in [2.05, 4.69) is 15.4 Å². The number of hydrogen-bond acceptors (Lipinski definition) is 3. The van der Waals surface area contributed by atoms with Gasteiger partial charge in [0.2, 0.25) is 11.8 Å². The summed E-state index contributed by atoms with van der Waals surface area (Å²) in [7, 11) is 0. The maximum absolute atomic E-state index is 12.6. The smallest absolute Gasteiger partial charge is 0.228 e. The molecule has 0 unspecified atom stereocenters. The summed E-state index contributed by atoms with van der Waals surface area (Å²) in [5.74, 6) is 0.620. The lowest BCUT2D eigenvalue weighted by Crippen LogP contribution is -2.37. The van der Waals surface area contributed by atoms with E-state index in [0.29, 0.717) is 6.54 Å². The third-order valence-electron chi connectivity index (χ3n) is 4.85. The van der Waals surface area contributed by atoms with E-state index in [-0.39, 0.29) is 24.7 Å². The first-order chi connectivity index (χ1) is 13.6. The second-order valence-electron chi connectivity index (χ2n) is 6.98. The van der Waals surface area contributed by atoms with Gasteiger partial charge < -0.3 is 10.3 Å². The third kappa shape index (κ3) is 3.83. The molecule has 2 aromatic heterocycles. The van der Waals surface area contributed by atoms with Gasteiger partial charge in [-0.15, -0.1) is 0 Å². The highest BCUT2D eigenvalue weighted by Crippen LogP contribution is 2.23. The van der Waals surface area contributed by atoms with Gasteiger partial charge in [-0.1, -0.05) is 12.1 Å². The van der Waals surface area contributed by atoms with Gasteiger partial charge in [0, 0.05) is 49.6 Å². The maximum Gasteiger partial charge on any atom is 0.228 e. The summed E-state index contributed by atoms with van der Waals surface area (Å²) in [6, 6.07) is 13.5. The number of amides is 2. The molecule has 0 atom stereocenters. The van der Waals surface area contributed by atoms with E-state index in [1.807, 2.05) is 60.3 Å². The second-order valence-corrected chi connectivity index (χ2v) is 6.98. The molecule has 2 amide bonds. The van der Waals surface area contributed by atoms with Gasteiger partial charge in [-0.3, -0.25) is 14.5 Å². The van der Waals surface area contributed by atoms with Gasteiger partial charge in [0.1, 0.15) is 5.82 Å². The molecule has 3 heterocycles. The van der Waals surface area contributed by atoms with Crippen molar-refractivity contribution in [1.82, 2.24) is 14.8 Å². The highest BCUT2D eigenvalue weighted by Gasteiger charge is 2.24. The number of anilines is 2. The molecule has 0 radical (unpaired) electrons. The Kier molecular flexibility index (Phi) is 4.97. The van der Waals surface area contributed by atoms with Crippen LogP contribution in [-0.2, 0) is 16.1 Å². The van der Waals surface area contributed by atoms with Crippen LogP contribution in [0.1, 0.15) is 25.0 Å². The van der Waals surface area contributed by atoms with E-state index in [1.165, 1.54) is 0 Å². The summed E-state index contributed by atoms with van der Waals surface area (Å²) in [6.07, 6.45) is 3.08. The fourth-order valence-electron chi connectivity index (χ4n) is 3.48. The van der Waals surface area contributed by atoms with Crippen LogP contribution in [0.3, 0.4) is 0 Å². The molecular weight excluding hydrogens is 354 g/mol. The molecule has 1 aromatic carbocycles. The van der Waals surface area contributed by atoms with Gasteiger partial charge in [0.25, 0.3) is 0 Å². The second kappa shape index (κ2) is 7.72. The Labute approximate surface area is 163 Å². The van der Waals surface area contributed by atoms with E-state index in [9.17, 15) is 9.59 Å². The van der Waals surface area contributed by atoms with Crippen molar-refractivity contribution in [3.63, 3.8) is 0 Å². The van der Waals surface area contributed by atoms with Gasteiger partial charge in [-0.2, -0.15) is 5.10 Å². The van der Waals surface area contributed by atoms with Crippen molar-refractivity contribution in [2.75, 3.05) is 16.8 Å². The predicted octanol–water partition coefficient (Wildman–Crippen LogP) is 3.34. The minimum absolute atomic E-state index is 0.0434. The summed E-state index contributed by atoms with van der Waals surface area (Å²) in [5.41, 5.74) is 3.70. The minimum Gasteiger partial charge on any atom is -0.361 e. The quantitative estimate of drug-likeness (QED) is 0.715. The van der Waals surface area contributed by atoms with Gasteiger partial charge in [-0.05, 0) is 43.2 Å². The van der Waals surface area contributed by atoms with E-state index >= 15 is 0 Å². The topological polar surface area (TPSA) is 83.0 Å². The van der Waals surface area contributed by atoms with E-state index in [1.54, 1.807) is 4.90 Å². The molecule has 0 saturated heterocycles. The van der Waals surface area contributed by atoms with Gasteiger partial charge in [-0.25, -0.2) is 4.68 Å². The fourth-order valence-corrected chi connectivity index (χ4v) is 3.48. The van der Waals surface area contributed by atoms with Gasteiger partial charge in [0.15, 0.2) is 0 Å². The Bertz CT molecular complexity index is 973. The van der Waals surface area contributed by atoms with Crippen molar-refractivity contribution in [2.45, 2.75) is 32.7 Å². The molecule has 7 heteroatoms. The molecule has 0 bridgehead atoms. The van der Waals surface area contributed by atoms with Crippen LogP contribution in [0, 0.1) is 6.92 Å². The number of aryl methyl sites for hydroxylation is 2. The molecule has 1 aliphatic rings. The number of aromatic nitrogens is 3. The van der Waals surface area contributed by atoms with Crippen molar-refractivity contribution in [2.24, 2.45) is 0 Å². The first-order valence-corrected chi connectivity index (χ1v) is 9.48. The zero-order valence-electron chi connectivity index (χ0n) is 15.8. The summed E-state index contributed by atoms with van der Waals surface area (Å²) in [4.78, 5) is 29.8. The van der Waals surface area contributed by atoms with Crippen LogP contribution in [0.25, 0.3) is 11.3 Å². The summed E-state index contributed by atoms with van der Waals surface area (Å²) in [6.45, 7) is 3.42. The number of benzene rings is 1. The molecular formula is C21H23N5O2. The van der Waals surface area contributed by atoms with Crippen LogP contribution in [0.5, 0.6) is 0 Å². The average Bonchev–Trinajstić information content (AvgIpc) is 3.35. The van der Waals surface area contributed by atoms with Gasteiger partial charge in [0.05, 0.1) is 5.69 Å². The van der Waals surface area contributed by atoms with Crippen LogP contribution in [0.4, 0.5) is 11.5 Å². The average molecular weight is 377 g/mol. The van der Waals surface area contributed by atoms with Crippen LogP contribution < -0.4 is 10.2 Å². The number of hydrogen-bond donors (Lipinski definition) is 2. The number of carbonyl (C=O) groups is 2. The lowest BCUT2D eigenvalue weighted by molar-refractivity contribution is -0.122. The van der Waals surface area contributed by atoms with E-state index in [4.69, 9.17) is 0 Å². The monoisotopic (exact) mass is 377 g/mol. The molecule has 1 aliphatic heterocycles. The molecule has 0 spiro atoms. The number of H-pyrrole nitrogens is 1. The van der Waals surface area contributed by atoms with Crippen molar-refractivity contribution >= 4 is 23.3 Å². The van der Waals surface area contributed by atoms with Gasteiger partial charge >= 0.3 is 0 Å². The molecule has 144 valence electrons. The summed E-state index contributed by atoms with van der Waals surface area (Å²) in [5, 5.41) is 7.26. The number of fused-ring (bicyclic) bond motifs is 1. The number of carbonyl (C=O) groups excluding carboxylic acids is 2. The number of aromatic amines is 1. The fraction of sp³-hybridized carbons (Fsp3) is 0.286. The molecule has 28 heavy (non-hydrogen) atoms. The predicted molar refractivity (Wildman–Crippen MR) is 108 cm³/mol. The van der Waals surface area contributed by atoms with E-state index in [0.717, 1.165) is 41.4 Å². The highest BCUT2D eigenvalue weighted by molar-refractivity contribution is 5.97. The molecule has 2 N–H and O–H groups in total. The van der Waals surface area contributed by atoms with Crippen molar-refractivity contribution in [3.05, 3.63) is 54.4 Å². The molecule has 0 fully saturated rings. The Balaban J connectivity index is 1.32. The van der Waals surface area contributed by atoms with Crippen molar-refractivity contribution < 1.29 is 9.59 Å². The van der Waals surface area contributed by atoms with Crippen LogP contribution in [0.2, 0.25) is 0 Å². The molecule has 0 saturated carbocycles. The molecule has 3 aromatic rings. The number of nitrogens with zero attached hydrogens (tertiary/aromatic N) is 3. The summed E-state index contributed by atoms with van der Waals surface area (Å²) < 4.78 is 1.86. The number of rotatable bonds is 5. The zero-order valence-corrected chi connectivity index (χ0v) is 15.8. The molecule has 4 rings (SSSR count). The van der Waals surface area contributed by atoms with E-state index < -0.39 is 0 Å². The Hall–Kier alpha value is -3.35. The third-order valence-corrected chi connectivity index (χ3v) is 4.85. The first-order valence-electron chi connectivity index (χ1n) is 9.48. The van der Waals surface area contributed by atoms with Crippen molar-refractivity contribution in [3.8, 4) is 11.3 Å². The normalized spacial score (nSPS) is 13.2. The SMILES string of the molecule is Cc1cc2n(n1)CCCN2C(=O)CCC(=O)Nc1ccc(-c2ccc[nH]2)cc1. The standard InChI is InChI=1S/C21H23N5O2/c1-15-14-20-25(12-3-13-26(20)24-15)21(28)10-9-19(27)23-17-7-5-16(6-8-17)18-4-2-11-22-18/h2,4-8,11,14,22H,3,9-10,12-13H2,1H3,(H,23,27). The minimum atomic E-state index is -0.164. The van der Waals surface area contributed by atoms with Crippen molar-refractivity contribution in [1.29, 1.82) is 0 Å². The first kappa shape index (κ1) is 18.0. The Morgan fingerprint density at radius 2 is 1.96 bits per heavy atom.